The normalized spacial score (nSPS) is 42.5. The van der Waals surface area contributed by atoms with Gasteiger partial charge in [0.2, 0.25) is 0 Å². The van der Waals surface area contributed by atoms with Crippen molar-refractivity contribution in [2.75, 3.05) is 0 Å². The maximum absolute atomic E-state index is 11.1. The van der Waals surface area contributed by atoms with Crippen LogP contribution >= 0.6 is 0 Å². The van der Waals surface area contributed by atoms with Crippen LogP contribution in [0.2, 0.25) is 0 Å². The second-order valence-electron chi connectivity index (χ2n) is 3.52. The molecule has 0 aromatic carbocycles. The van der Waals surface area contributed by atoms with Crippen molar-refractivity contribution in [1.82, 2.24) is 0 Å². The molecule has 0 bridgehead atoms. The van der Waals surface area contributed by atoms with Crippen molar-refractivity contribution < 1.29 is 14.6 Å². The molecule has 4 atom stereocenters. The largest absolute Gasteiger partial charge is 0.462 e. The van der Waals surface area contributed by atoms with E-state index in [1.54, 1.807) is 6.92 Å². The van der Waals surface area contributed by atoms with Gasteiger partial charge in [-0.1, -0.05) is 13.8 Å². The Morgan fingerprint density at radius 2 is 2.08 bits per heavy atom. The quantitative estimate of drug-likeness (QED) is 0.599. The van der Waals surface area contributed by atoms with E-state index in [0.29, 0.717) is 0 Å². The zero-order chi connectivity index (χ0) is 9.30. The van der Waals surface area contributed by atoms with Crippen molar-refractivity contribution in [3.63, 3.8) is 0 Å². The fourth-order valence-corrected chi connectivity index (χ4v) is 1.63. The number of esters is 1. The van der Waals surface area contributed by atoms with Gasteiger partial charge in [0.25, 0.3) is 0 Å². The summed E-state index contributed by atoms with van der Waals surface area (Å²) >= 11 is 0. The van der Waals surface area contributed by atoms with Gasteiger partial charge in [0, 0.05) is 5.92 Å². The van der Waals surface area contributed by atoms with Gasteiger partial charge in [-0.25, -0.2) is 0 Å². The van der Waals surface area contributed by atoms with Crippen LogP contribution in [0, 0.1) is 11.8 Å². The first-order valence-corrected chi connectivity index (χ1v) is 4.46. The summed E-state index contributed by atoms with van der Waals surface area (Å²) in [6.07, 6.45) is 0.122. The van der Waals surface area contributed by atoms with Crippen molar-refractivity contribution in [3.8, 4) is 0 Å². The van der Waals surface area contributed by atoms with Crippen LogP contribution in [-0.2, 0) is 9.53 Å². The third-order valence-corrected chi connectivity index (χ3v) is 2.68. The van der Waals surface area contributed by atoms with Crippen LogP contribution in [0.25, 0.3) is 0 Å². The molecule has 12 heavy (non-hydrogen) atoms. The van der Waals surface area contributed by atoms with Gasteiger partial charge in [-0.2, -0.15) is 0 Å². The average molecular weight is 172 g/mol. The van der Waals surface area contributed by atoms with Crippen LogP contribution < -0.4 is 0 Å². The zero-order valence-corrected chi connectivity index (χ0v) is 7.78. The lowest BCUT2D eigenvalue weighted by molar-refractivity contribution is -0.177. The molecule has 0 radical (unpaired) electrons. The van der Waals surface area contributed by atoms with Crippen LogP contribution in [0.3, 0.4) is 0 Å². The molecule has 1 aliphatic rings. The van der Waals surface area contributed by atoms with E-state index in [1.807, 2.05) is 13.8 Å². The highest BCUT2D eigenvalue weighted by Gasteiger charge is 2.39. The van der Waals surface area contributed by atoms with Crippen LogP contribution in [0.1, 0.15) is 27.2 Å². The summed E-state index contributed by atoms with van der Waals surface area (Å²) in [6.45, 7) is 5.58. The van der Waals surface area contributed by atoms with Crippen LogP contribution in [0.15, 0.2) is 0 Å². The summed E-state index contributed by atoms with van der Waals surface area (Å²) < 4.78 is 5.13. The number of carbonyl (C=O) groups excluding carboxylic acids is 1. The van der Waals surface area contributed by atoms with E-state index in [9.17, 15) is 9.90 Å². The van der Waals surface area contributed by atoms with Gasteiger partial charge in [0.1, 0.15) is 6.10 Å². The van der Waals surface area contributed by atoms with Gasteiger partial charge >= 0.3 is 5.97 Å². The molecule has 0 unspecified atom stereocenters. The molecule has 0 aliphatic carbocycles. The second-order valence-corrected chi connectivity index (χ2v) is 3.52. The van der Waals surface area contributed by atoms with Gasteiger partial charge in [-0.3, -0.25) is 4.79 Å². The topological polar surface area (TPSA) is 46.5 Å². The second kappa shape index (κ2) is 3.44. The minimum Gasteiger partial charge on any atom is -0.462 e. The van der Waals surface area contributed by atoms with Gasteiger partial charge in [-0.05, 0) is 13.3 Å². The molecule has 1 heterocycles. The number of ether oxygens (including phenoxy) is 1. The first-order valence-electron chi connectivity index (χ1n) is 4.46. The minimum atomic E-state index is -0.545. The lowest BCUT2D eigenvalue weighted by atomic mass is 9.85. The molecule has 0 aromatic heterocycles. The lowest BCUT2D eigenvalue weighted by Gasteiger charge is -2.35. The van der Waals surface area contributed by atoms with Crippen molar-refractivity contribution in [3.05, 3.63) is 0 Å². The predicted octanol–water partition coefficient (Wildman–Crippen LogP) is 0.955. The fourth-order valence-electron chi connectivity index (χ4n) is 1.63. The maximum Gasteiger partial charge on any atom is 0.311 e. The van der Waals surface area contributed by atoms with E-state index in [2.05, 4.69) is 0 Å². The van der Waals surface area contributed by atoms with E-state index >= 15 is 0 Å². The average Bonchev–Trinajstić information content (AvgIpc) is 2.08. The van der Waals surface area contributed by atoms with Crippen molar-refractivity contribution in [2.24, 2.45) is 11.8 Å². The molecule has 1 aliphatic heterocycles. The number of hydrogen-bond donors (Lipinski definition) is 1. The van der Waals surface area contributed by atoms with Crippen molar-refractivity contribution in [2.45, 2.75) is 39.4 Å². The van der Waals surface area contributed by atoms with E-state index in [4.69, 9.17) is 4.74 Å². The summed E-state index contributed by atoms with van der Waals surface area (Å²) in [6, 6.07) is 0. The standard InChI is InChI=1S/C9H16O3/c1-4-7-5(2)8(10)6(3)9(11)12-7/h5-8,10H,4H2,1-3H3/t5-,6-,7-,8+/m0/s1. The number of cyclic esters (lactones) is 1. The smallest absolute Gasteiger partial charge is 0.311 e. The number of carbonyl (C=O) groups is 1. The molecule has 0 aromatic rings. The predicted molar refractivity (Wildman–Crippen MR) is 44.5 cm³/mol. The van der Waals surface area contributed by atoms with Gasteiger partial charge in [0.15, 0.2) is 0 Å². The molecule has 0 amide bonds. The number of aliphatic hydroxyl groups excluding tert-OH is 1. The highest BCUT2D eigenvalue weighted by molar-refractivity contribution is 5.73. The van der Waals surface area contributed by atoms with Crippen molar-refractivity contribution in [1.29, 1.82) is 0 Å². The Balaban J connectivity index is 2.70. The Morgan fingerprint density at radius 1 is 1.50 bits per heavy atom. The van der Waals surface area contributed by atoms with E-state index in [-0.39, 0.29) is 23.9 Å². The Labute approximate surface area is 72.7 Å². The summed E-state index contributed by atoms with van der Waals surface area (Å²) in [7, 11) is 0. The number of hydrogen-bond acceptors (Lipinski definition) is 3. The molecule has 0 saturated carbocycles. The molecule has 1 saturated heterocycles. The van der Waals surface area contributed by atoms with Gasteiger partial charge in [0.05, 0.1) is 12.0 Å². The number of aliphatic hydroxyl groups is 1. The van der Waals surface area contributed by atoms with E-state index in [1.165, 1.54) is 0 Å². The Bertz CT molecular complexity index is 177. The third-order valence-electron chi connectivity index (χ3n) is 2.68. The first kappa shape index (κ1) is 9.52. The van der Waals surface area contributed by atoms with Gasteiger partial charge in [-0.15, -0.1) is 0 Å². The SMILES string of the molecule is CC[C@@H]1OC(=O)[C@@H](C)[C@H](O)[C@H]1C. The summed E-state index contributed by atoms with van der Waals surface area (Å²) in [5.41, 5.74) is 0. The monoisotopic (exact) mass is 172 g/mol. The Morgan fingerprint density at radius 3 is 2.58 bits per heavy atom. The third kappa shape index (κ3) is 1.46. The molecule has 0 spiro atoms. The molecule has 1 rings (SSSR count). The Hall–Kier alpha value is -0.570. The van der Waals surface area contributed by atoms with Crippen LogP contribution in [-0.4, -0.2) is 23.3 Å². The van der Waals surface area contributed by atoms with Crippen LogP contribution in [0.5, 0.6) is 0 Å². The molecule has 70 valence electrons. The van der Waals surface area contributed by atoms with E-state index in [0.717, 1.165) is 6.42 Å². The summed E-state index contributed by atoms with van der Waals surface area (Å²) in [5.74, 6) is -0.585. The number of rotatable bonds is 1. The summed E-state index contributed by atoms with van der Waals surface area (Å²) in [4.78, 5) is 11.1. The molecule has 1 N–H and O–H groups in total. The fraction of sp³-hybridized carbons (Fsp3) is 0.889. The van der Waals surface area contributed by atoms with Crippen molar-refractivity contribution >= 4 is 5.97 Å². The van der Waals surface area contributed by atoms with E-state index < -0.39 is 6.10 Å². The van der Waals surface area contributed by atoms with Gasteiger partial charge < -0.3 is 9.84 Å². The molecule has 1 fully saturated rings. The molecular formula is C9H16O3. The zero-order valence-electron chi connectivity index (χ0n) is 7.78. The first-order chi connectivity index (χ1) is 5.57. The maximum atomic E-state index is 11.1. The molecule has 3 heteroatoms. The summed E-state index contributed by atoms with van der Waals surface area (Å²) in [5, 5.41) is 9.62. The Kier molecular flexibility index (Phi) is 2.73. The molecular weight excluding hydrogens is 156 g/mol. The molecule has 3 nitrogen and oxygen atoms in total. The van der Waals surface area contributed by atoms with Crippen LogP contribution in [0.4, 0.5) is 0 Å². The highest BCUT2D eigenvalue weighted by Crippen LogP contribution is 2.27. The minimum absolute atomic E-state index is 0.0581. The lowest BCUT2D eigenvalue weighted by Crippen LogP contribution is -2.46. The highest BCUT2D eigenvalue weighted by atomic mass is 16.5.